The predicted molar refractivity (Wildman–Crippen MR) is 63.4 cm³/mol. The molecule has 0 aliphatic rings. The number of carbonyl (C=O) groups is 1. The van der Waals surface area contributed by atoms with Gasteiger partial charge in [-0.2, -0.15) is 13.2 Å². The first kappa shape index (κ1) is 15.9. The zero-order valence-corrected chi connectivity index (χ0v) is 11.4. The fraction of sp³-hybridized carbons (Fsp3) is 0.444. The lowest BCUT2D eigenvalue weighted by molar-refractivity contribution is -0.132. The van der Waals surface area contributed by atoms with Crippen molar-refractivity contribution >= 4 is 27.3 Å². The first-order valence-corrected chi connectivity index (χ1v) is 7.35. The summed E-state index contributed by atoms with van der Waals surface area (Å²) >= 11 is 0.855. The van der Waals surface area contributed by atoms with Crippen molar-refractivity contribution in [1.29, 1.82) is 0 Å². The van der Waals surface area contributed by atoms with Gasteiger partial charge < -0.3 is 5.32 Å². The van der Waals surface area contributed by atoms with Crippen molar-refractivity contribution in [2.45, 2.75) is 24.4 Å². The number of halogens is 3. The molecule has 1 rings (SSSR count). The molecule has 0 saturated heterocycles. The molecule has 0 unspecified atom stereocenters. The zero-order chi connectivity index (χ0) is 14.8. The lowest BCUT2D eigenvalue weighted by Crippen LogP contribution is -2.27. The fourth-order valence-electron chi connectivity index (χ4n) is 1.26. The summed E-state index contributed by atoms with van der Waals surface area (Å²) in [6.07, 6.45) is -5.50. The fourth-order valence-corrected chi connectivity index (χ4v) is 3.33. The number of nitrogens with one attached hydrogen (secondary N) is 1. The van der Waals surface area contributed by atoms with Crippen LogP contribution in [-0.2, 0) is 10.0 Å². The van der Waals surface area contributed by atoms with Gasteiger partial charge in [-0.05, 0) is 13.0 Å². The Kier molecular flexibility index (Phi) is 4.59. The molecule has 0 bridgehead atoms. The van der Waals surface area contributed by atoms with Crippen molar-refractivity contribution in [3.05, 3.63) is 15.8 Å². The van der Waals surface area contributed by atoms with E-state index in [2.05, 4.69) is 5.32 Å². The molecule has 1 heterocycles. The van der Waals surface area contributed by atoms with Gasteiger partial charge in [0.1, 0.15) is 0 Å². The molecule has 3 N–H and O–H groups in total. The number of carbonyl (C=O) groups excluding carboxylic acids is 1. The van der Waals surface area contributed by atoms with Crippen LogP contribution in [0, 0.1) is 6.92 Å². The Hall–Kier alpha value is -1.13. The van der Waals surface area contributed by atoms with E-state index >= 15 is 0 Å². The highest BCUT2D eigenvalue weighted by atomic mass is 32.2. The highest BCUT2D eigenvalue weighted by Crippen LogP contribution is 2.25. The second-order valence-corrected chi connectivity index (χ2v) is 6.48. The number of aryl methyl sites for hydroxylation is 1. The molecule has 19 heavy (non-hydrogen) atoms. The van der Waals surface area contributed by atoms with Crippen molar-refractivity contribution in [2.75, 3.05) is 6.54 Å². The third kappa shape index (κ3) is 4.80. The largest absolute Gasteiger partial charge is 0.390 e. The van der Waals surface area contributed by atoms with E-state index in [1.807, 2.05) is 0 Å². The Morgan fingerprint density at radius 1 is 1.47 bits per heavy atom. The molecule has 10 heteroatoms. The van der Waals surface area contributed by atoms with Gasteiger partial charge in [-0.1, -0.05) is 0 Å². The van der Waals surface area contributed by atoms with Gasteiger partial charge in [-0.25, -0.2) is 13.6 Å². The molecule has 0 aliphatic carbocycles. The van der Waals surface area contributed by atoms with Crippen LogP contribution in [0.1, 0.15) is 21.0 Å². The third-order valence-electron chi connectivity index (χ3n) is 2.10. The minimum absolute atomic E-state index is 0.00343. The van der Waals surface area contributed by atoms with Crippen LogP contribution in [0.15, 0.2) is 11.0 Å². The van der Waals surface area contributed by atoms with Gasteiger partial charge in [0.15, 0.2) is 0 Å². The van der Waals surface area contributed by atoms with Crippen LogP contribution in [0.3, 0.4) is 0 Å². The van der Waals surface area contributed by atoms with Gasteiger partial charge in [-0.3, -0.25) is 4.79 Å². The van der Waals surface area contributed by atoms with Gasteiger partial charge in [0, 0.05) is 11.4 Å². The lowest BCUT2D eigenvalue weighted by Gasteiger charge is -2.06. The van der Waals surface area contributed by atoms with Gasteiger partial charge in [0.2, 0.25) is 10.0 Å². The summed E-state index contributed by atoms with van der Waals surface area (Å²) in [7, 11) is -3.94. The first-order valence-electron chi connectivity index (χ1n) is 4.99. The van der Waals surface area contributed by atoms with Gasteiger partial charge in [-0.15, -0.1) is 11.3 Å². The number of thiophene rings is 1. The summed E-state index contributed by atoms with van der Waals surface area (Å²) in [5.41, 5.74) is 0. The van der Waals surface area contributed by atoms with E-state index < -0.39 is 35.1 Å². The summed E-state index contributed by atoms with van der Waals surface area (Å²) in [4.78, 5) is 11.6. The Labute approximate surface area is 111 Å². The van der Waals surface area contributed by atoms with Crippen LogP contribution in [-0.4, -0.2) is 27.0 Å². The van der Waals surface area contributed by atoms with Gasteiger partial charge in [0.25, 0.3) is 5.91 Å². The standard InChI is InChI=1S/C9H11F3N2O3S2/c1-5-7(19(13,16)17)4-6(18-5)8(15)14-3-2-9(10,11)12/h4H,2-3H2,1H3,(H,14,15)(H2,13,16,17). The minimum atomic E-state index is -4.36. The molecule has 1 aromatic rings. The SMILES string of the molecule is Cc1sc(C(=O)NCCC(F)(F)F)cc1S(N)(=O)=O. The maximum absolute atomic E-state index is 11.9. The average Bonchev–Trinajstić information content (AvgIpc) is 2.57. The molecule has 1 amide bonds. The number of sulfonamides is 1. The molecule has 0 saturated carbocycles. The predicted octanol–water partition coefficient (Wildman–Crippen LogP) is 1.39. The second-order valence-electron chi connectivity index (χ2n) is 3.70. The molecule has 108 valence electrons. The first-order chi connectivity index (χ1) is 8.50. The summed E-state index contributed by atoms with van der Waals surface area (Å²) in [5, 5.41) is 6.99. The van der Waals surface area contributed by atoms with Crippen LogP contribution < -0.4 is 10.5 Å². The van der Waals surface area contributed by atoms with Gasteiger partial charge >= 0.3 is 6.18 Å². The van der Waals surface area contributed by atoms with Crippen molar-refractivity contribution < 1.29 is 26.4 Å². The van der Waals surface area contributed by atoms with Crippen LogP contribution in [0.25, 0.3) is 0 Å². The van der Waals surface area contributed by atoms with Crippen LogP contribution >= 0.6 is 11.3 Å². The second kappa shape index (κ2) is 5.47. The molecule has 0 atom stereocenters. The smallest absolute Gasteiger partial charge is 0.351 e. The Morgan fingerprint density at radius 2 is 2.05 bits per heavy atom. The van der Waals surface area contributed by atoms with E-state index in [1.54, 1.807) is 0 Å². The number of hydrogen-bond donors (Lipinski definition) is 2. The summed E-state index contributed by atoms with van der Waals surface area (Å²) < 4.78 is 57.9. The van der Waals surface area contributed by atoms with Crippen LogP contribution in [0.2, 0.25) is 0 Å². The summed E-state index contributed by atoms with van der Waals surface area (Å²) in [6.45, 7) is 0.890. The average molecular weight is 316 g/mol. The minimum Gasteiger partial charge on any atom is -0.351 e. The lowest BCUT2D eigenvalue weighted by atomic mass is 10.4. The molecule has 1 aromatic heterocycles. The highest BCUT2D eigenvalue weighted by Gasteiger charge is 2.27. The van der Waals surface area contributed by atoms with Crippen molar-refractivity contribution in [2.24, 2.45) is 5.14 Å². The number of rotatable bonds is 4. The topological polar surface area (TPSA) is 89.3 Å². The Bertz CT molecular complexity index is 578. The maximum atomic E-state index is 11.9. The van der Waals surface area contributed by atoms with E-state index in [0.29, 0.717) is 4.88 Å². The van der Waals surface area contributed by atoms with Crippen LogP contribution in [0.4, 0.5) is 13.2 Å². The van der Waals surface area contributed by atoms with Crippen LogP contribution in [0.5, 0.6) is 0 Å². The number of primary sulfonamides is 1. The Balaban J connectivity index is 2.74. The van der Waals surface area contributed by atoms with E-state index in [0.717, 1.165) is 17.4 Å². The van der Waals surface area contributed by atoms with E-state index in [1.165, 1.54) is 6.92 Å². The highest BCUT2D eigenvalue weighted by molar-refractivity contribution is 7.89. The molecule has 0 aliphatic heterocycles. The molecular formula is C9H11F3N2O3S2. The maximum Gasteiger partial charge on any atom is 0.390 e. The summed E-state index contributed by atoms with van der Waals surface area (Å²) in [6, 6.07) is 1.05. The quantitative estimate of drug-likeness (QED) is 0.879. The molecule has 0 radical (unpaired) electrons. The Morgan fingerprint density at radius 3 is 2.47 bits per heavy atom. The number of nitrogens with two attached hydrogens (primary N) is 1. The monoisotopic (exact) mass is 316 g/mol. The molecule has 0 spiro atoms. The van der Waals surface area contributed by atoms with Crippen molar-refractivity contribution in [1.82, 2.24) is 5.32 Å². The number of alkyl halides is 3. The number of amides is 1. The van der Waals surface area contributed by atoms with Gasteiger partial charge in [0.05, 0.1) is 16.2 Å². The molecule has 0 fully saturated rings. The third-order valence-corrected chi connectivity index (χ3v) is 4.31. The zero-order valence-electron chi connectivity index (χ0n) is 9.74. The normalized spacial score (nSPS) is 12.5. The van der Waals surface area contributed by atoms with E-state index in [9.17, 15) is 26.4 Å². The molecule has 0 aromatic carbocycles. The molecular weight excluding hydrogens is 305 g/mol. The van der Waals surface area contributed by atoms with E-state index in [4.69, 9.17) is 5.14 Å². The van der Waals surface area contributed by atoms with E-state index in [-0.39, 0.29) is 9.77 Å². The van der Waals surface area contributed by atoms with Crippen molar-refractivity contribution in [3.63, 3.8) is 0 Å². The summed E-state index contributed by atoms with van der Waals surface area (Å²) in [5.74, 6) is -0.757. The number of hydrogen-bond acceptors (Lipinski definition) is 4. The van der Waals surface area contributed by atoms with Crippen molar-refractivity contribution in [3.8, 4) is 0 Å². The molecule has 5 nitrogen and oxygen atoms in total.